The Morgan fingerprint density at radius 3 is 2.45 bits per heavy atom. The van der Waals surface area contributed by atoms with Crippen LogP contribution in [-0.2, 0) is 6.54 Å². The Morgan fingerprint density at radius 1 is 1.06 bits per heavy atom. The largest absolute Gasteiger partial charge is 0.497 e. The molecular weight excluding hydrogens is 419 g/mol. The predicted octanol–water partition coefficient (Wildman–Crippen LogP) is 5.05. The molecule has 1 heterocycles. The van der Waals surface area contributed by atoms with Gasteiger partial charge in [-0.15, -0.1) is 5.10 Å². The van der Waals surface area contributed by atoms with Crippen molar-refractivity contribution >= 4 is 23.5 Å². The number of nitrogens with zero attached hydrogens (tertiary/aromatic N) is 3. The van der Waals surface area contributed by atoms with Crippen LogP contribution in [0.4, 0.5) is 10.3 Å². The summed E-state index contributed by atoms with van der Waals surface area (Å²) in [6.45, 7) is 0.344. The molecule has 0 saturated heterocycles. The quantitative estimate of drug-likeness (QED) is 0.458. The van der Waals surface area contributed by atoms with E-state index in [1.54, 1.807) is 37.4 Å². The highest BCUT2D eigenvalue weighted by atomic mass is 35.5. The number of carbonyl (C=O) groups is 1. The summed E-state index contributed by atoms with van der Waals surface area (Å²) in [7, 11) is 1.58. The van der Waals surface area contributed by atoms with Crippen LogP contribution < -0.4 is 10.1 Å². The number of rotatable bonds is 6. The molecule has 31 heavy (non-hydrogen) atoms. The number of nitrogens with one attached hydrogen (secondary N) is 1. The zero-order valence-electron chi connectivity index (χ0n) is 16.5. The molecule has 156 valence electrons. The van der Waals surface area contributed by atoms with Gasteiger partial charge in [0.15, 0.2) is 5.82 Å². The van der Waals surface area contributed by atoms with Gasteiger partial charge in [-0.3, -0.25) is 4.79 Å². The fourth-order valence-electron chi connectivity index (χ4n) is 2.96. The third-order valence-electron chi connectivity index (χ3n) is 4.63. The molecule has 6 nitrogen and oxygen atoms in total. The lowest BCUT2D eigenvalue weighted by Gasteiger charge is -2.08. The molecule has 0 spiro atoms. The second-order valence-electron chi connectivity index (χ2n) is 6.66. The molecule has 0 aliphatic heterocycles. The zero-order chi connectivity index (χ0) is 21.8. The summed E-state index contributed by atoms with van der Waals surface area (Å²) in [5.74, 6) is 0.447. The van der Waals surface area contributed by atoms with E-state index < -0.39 is 11.7 Å². The Bertz CT molecular complexity index is 1210. The second-order valence-corrected chi connectivity index (χ2v) is 7.06. The standard InChI is InChI=1S/C23H18ClFN4O2/c1-31-19-12-8-15(9-13-19)21-27-23(26-14-17-4-2-3-5-20(17)24)29(28-21)22(30)16-6-10-18(25)11-7-16/h2-13H,14H2,1H3,(H,26,27,28). The fraction of sp³-hybridized carbons (Fsp3) is 0.0870. The summed E-state index contributed by atoms with van der Waals surface area (Å²) >= 11 is 6.24. The van der Waals surface area contributed by atoms with E-state index in [4.69, 9.17) is 16.3 Å². The maximum absolute atomic E-state index is 13.3. The number of carbonyl (C=O) groups excluding carboxylic acids is 1. The normalized spacial score (nSPS) is 10.7. The van der Waals surface area contributed by atoms with Crippen LogP contribution in [0.2, 0.25) is 5.02 Å². The van der Waals surface area contributed by atoms with Gasteiger partial charge in [0.25, 0.3) is 5.91 Å². The molecule has 0 unspecified atom stereocenters. The topological polar surface area (TPSA) is 69.0 Å². The van der Waals surface area contributed by atoms with Gasteiger partial charge in [0, 0.05) is 22.7 Å². The van der Waals surface area contributed by atoms with E-state index in [9.17, 15) is 9.18 Å². The first-order valence-corrected chi connectivity index (χ1v) is 9.82. The number of anilines is 1. The monoisotopic (exact) mass is 436 g/mol. The van der Waals surface area contributed by atoms with Crippen molar-refractivity contribution in [3.05, 3.63) is 94.8 Å². The number of hydrogen-bond acceptors (Lipinski definition) is 5. The first kappa shape index (κ1) is 20.6. The molecule has 0 amide bonds. The van der Waals surface area contributed by atoms with Crippen LogP contribution >= 0.6 is 11.6 Å². The SMILES string of the molecule is COc1ccc(-c2nc(NCc3ccccc3Cl)n(C(=O)c3ccc(F)cc3)n2)cc1. The Balaban J connectivity index is 1.69. The molecule has 0 radical (unpaired) electrons. The van der Waals surface area contributed by atoms with Crippen LogP contribution in [-0.4, -0.2) is 27.8 Å². The van der Waals surface area contributed by atoms with Crippen LogP contribution in [0.25, 0.3) is 11.4 Å². The second kappa shape index (κ2) is 8.97. The lowest BCUT2D eigenvalue weighted by molar-refractivity contribution is 0.0947. The van der Waals surface area contributed by atoms with E-state index in [1.165, 1.54) is 28.9 Å². The predicted molar refractivity (Wildman–Crippen MR) is 117 cm³/mol. The van der Waals surface area contributed by atoms with Gasteiger partial charge < -0.3 is 10.1 Å². The molecule has 0 saturated carbocycles. The first-order valence-electron chi connectivity index (χ1n) is 9.44. The van der Waals surface area contributed by atoms with Gasteiger partial charge in [-0.25, -0.2) is 4.39 Å². The van der Waals surface area contributed by atoms with Crippen molar-refractivity contribution < 1.29 is 13.9 Å². The van der Waals surface area contributed by atoms with Gasteiger partial charge in [-0.1, -0.05) is 29.8 Å². The van der Waals surface area contributed by atoms with Gasteiger partial charge in [0.1, 0.15) is 11.6 Å². The highest BCUT2D eigenvalue weighted by Crippen LogP contribution is 2.23. The number of aromatic nitrogens is 3. The third-order valence-corrected chi connectivity index (χ3v) is 5.00. The van der Waals surface area contributed by atoms with Gasteiger partial charge in [0.2, 0.25) is 5.95 Å². The molecule has 1 N–H and O–H groups in total. The molecule has 0 aliphatic carbocycles. The highest BCUT2D eigenvalue weighted by molar-refractivity contribution is 6.31. The van der Waals surface area contributed by atoms with Crippen molar-refractivity contribution in [3.8, 4) is 17.1 Å². The van der Waals surface area contributed by atoms with Crippen LogP contribution in [0.5, 0.6) is 5.75 Å². The summed E-state index contributed by atoms with van der Waals surface area (Å²) in [5.41, 5.74) is 1.85. The molecule has 0 atom stereocenters. The number of halogens is 2. The average molecular weight is 437 g/mol. The van der Waals surface area contributed by atoms with Crippen molar-refractivity contribution in [1.29, 1.82) is 0 Å². The minimum atomic E-state index is -0.436. The Labute approximate surface area is 183 Å². The van der Waals surface area contributed by atoms with Crippen LogP contribution in [0, 0.1) is 5.82 Å². The maximum atomic E-state index is 13.3. The molecule has 3 aromatic carbocycles. The van der Waals surface area contributed by atoms with Crippen LogP contribution in [0.15, 0.2) is 72.8 Å². The molecule has 1 aromatic heterocycles. The molecule has 0 aliphatic rings. The van der Waals surface area contributed by atoms with Crippen molar-refractivity contribution in [2.75, 3.05) is 12.4 Å². The minimum Gasteiger partial charge on any atom is -0.497 e. The van der Waals surface area contributed by atoms with Crippen molar-refractivity contribution in [1.82, 2.24) is 14.8 Å². The first-order chi connectivity index (χ1) is 15.0. The third kappa shape index (κ3) is 4.57. The molecule has 4 aromatic rings. The Kier molecular flexibility index (Phi) is 5.95. The molecule has 4 rings (SSSR count). The Morgan fingerprint density at radius 2 is 1.77 bits per heavy atom. The van der Waals surface area contributed by atoms with E-state index >= 15 is 0 Å². The Hall–Kier alpha value is -3.71. The maximum Gasteiger partial charge on any atom is 0.281 e. The van der Waals surface area contributed by atoms with Crippen molar-refractivity contribution in [2.45, 2.75) is 6.54 Å². The molecule has 0 bridgehead atoms. The van der Waals surface area contributed by atoms with Crippen LogP contribution in [0.1, 0.15) is 15.9 Å². The zero-order valence-corrected chi connectivity index (χ0v) is 17.3. The molecular formula is C23H18ClFN4O2. The van der Waals surface area contributed by atoms with Gasteiger partial charge >= 0.3 is 0 Å². The molecule has 0 fully saturated rings. The van der Waals surface area contributed by atoms with E-state index in [2.05, 4.69) is 15.4 Å². The van der Waals surface area contributed by atoms with Gasteiger partial charge in [0.05, 0.1) is 7.11 Å². The fourth-order valence-corrected chi connectivity index (χ4v) is 3.16. The highest BCUT2D eigenvalue weighted by Gasteiger charge is 2.19. The van der Waals surface area contributed by atoms with E-state index in [0.29, 0.717) is 28.7 Å². The van der Waals surface area contributed by atoms with Crippen molar-refractivity contribution in [3.63, 3.8) is 0 Å². The summed E-state index contributed by atoms with van der Waals surface area (Å²) in [4.78, 5) is 17.6. The number of ether oxygens (including phenoxy) is 1. The smallest absolute Gasteiger partial charge is 0.281 e. The minimum absolute atomic E-state index is 0.250. The van der Waals surface area contributed by atoms with E-state index in [-0.39, 0.29) is 11.5 Å². The van der Waals surface area contributed by atoms with Crippen molar-refractivity contribution in [2.24, 2.45) is 0 Å². The summed E-state index contributed by atoms with van der Waals surface area (Å²) in [5, 5.41) is 8.12. The van der Waals surface area contributed by atoms with E-state index in [0.717, 1.165) is 5.56 Å². The number of methoxy groups -OCH3 is 1. The van der Waals surface area contributed by atoms with Gasteiger partial charge in [-0.2, -0.15) is 9.67 Å². The summed E-state index contributed by atoms with van der Waals surface area (Å²) in [6, 6.07) is 19.8. The molecule has 8 heteroatoms. The number of benzene rings is 3. The lowest BCUT2D eigenvalue weighted by atomic mass is 10.2. The average Bonchev–Trinajstić information content (AvgIpc) is 3.23. The summed E-state index contributed by atoms with van der Waals surface area (Å²) in [6.07, 6.45) is 0. The summed E-state index contributed by atoms with van der Waals surface area (Å²) < 4.78 is 19.6. The van der Waals surface area contributed by atoms with Gasteiger partial charge in [-0.05, 0) is 60.2 Å². The lowest BCUT2D eigenvalue weighted by Crippen LogP contribution is -2.17. The van der Waals surface area contributed by atoms with Crippen LogP contribution in [0.3, 0.4) is 0 Å². The number of hydrogen-bond donors (Lipinski definition) is 1. The van der Waals surface area contributed by atoms with E-state index in [1.807, 2.05) is 18.2 Å².